The number of fused-ring (bicyclic) bond motifs is 2. The summed E-state index contributed by atoms with van der Waals surface area (Å²) in [7, 11) is 0. The second-order valence-electron chi connectivity index (χ2n) is 7.27. The lowest BCUT2D eigenvalue weighted by Gasteiger charge is -2.39. The smallest absolute Gasteiger partial charge is 0.0721 e. The maximum Gasteiger partial charge on any atom is 0.0721 e. The van der Waals surface area contributed by atoms with Crippen molar-refractivity contribution >= 4 is 21.6 Å². The van der Waals surface area contributed by atoms with Crippen LogP contribution in [0.25, 0.3) is 0 Å². The monoisotopic (exact) mass is 337 g/mol. The molecule has 20 heavy (non-hydrogen) atoms. The van der Waals surface area contributed by atoms with Crippen molar-refractivity contribution in [2.24, 2.45) is 16.7 Å². The Hall–Kier alpha value is -0.540. The van der Waals surface area contributed by atoms with E-state index in [1.54, 1.807) is 0 Å². The van der Waals surface area contributed by atoms with Gasteiger partial charge in [-0.3, -0.25) is 0 Å². The molecule has 1 aromatic rings. The van der Waals surface area contributed by atoms with E-state index in [4.69, 9.17) is 10.5 Å². The van der Waals surface area contributed by atoms with Crippen molar-refractivity contribution in [3.05, 3.63) is 28.2 Å². The molecule has 0 amide bonds. The number of rotatable bonds is 3. The molecule has 3 rings (SSSR count). The topological polar surface area (TPSA) is 35.2 Å². The number of hydrogen-bond acceptors (Lipinski definition) is 2. The van der Waals surface area contributed by atoms with Crippen LogP contribution in [0.3, 0.4) is 0 Å². The van der Waals surface area contributed by atoms with Crippen LogP contribution in [0.2, 0.25) is 0 Å². The molecule has 0 saturated heterocycles. The van der Waals surface area contributed by atoms with Gasteiger partial charge in [0, 0.05) is 10.2 Å². The van der Waals surface area contributed by atoms with E-state index in [9.17, 15) is 0 Å². The summed E-state index contributed by atoms with van der Waals surface area (Å²) < 4.78 is 7.24. The fraction of sp³-hybridized carbons (Fsp3) is 0.647. The third kappa shape index (κ3) is 2.01. The van der Waals surface area contributed by atoms with E-state index in [1.807, 2.05) is 12.1 Å². The molecule has 3 atom stereocenters. The van der Waals surface area contributed by atoms with Crippen molar-refractivity contribution in [1.82, 2.24) is 0 Å². The highest BCUT2D eigenvalue weighted by Crippen LogP contribution is 2.66. The van der Waals surface area contributed by atoms with Gasteiger partial charge in [0.05, 0.1) is 12.7 Å². The minimum Gasteiger partial charge on any atom is -0.398 e. The lowest BCUT2D eigenvalue weighted by atomic mass is 9.70. The lowest BCUT2D eigenvalue weighted by molar-refractivity contribution is -0.0550. The number of hydrogen-bond donors (Lipinski definition) is 1. The van der Waals surface area contributed by atoms with E-state index < -0.39 is 0 Å². The first kappa shape index (κ1) is 14.4. The number of nitrogens with two attached hydrogens (primary N) is 1. The van der Waals surface area contributed by atoms with E-state index in [2.05, 4.69) is 42.8 Å². The first-order chi connectivity index (χ1) is 9.34. The summed E-state index contributed by atoms with van der Waals surface area (Å²) in [6.07, 6.45) is 4.28. The quantitative estimate of drug-likeness (QED) is 0.806. The Kier molecular flexibility index (Phi) is 3.41. The highest BCUT2D eigenvalue weighted by atomic mass is 79.9. The van der Waals surface area contributed by atoms with Crippen molar-refractivity contribution in [2.45, 2.75) is 52.7 Å². The molecule has 0 aliphatic heterocycles. The third-order valence-corrected chi connectivity index (χ3v) is 6.95. The number of nitrogen functional groups attached to an aromatic ring is 1. The Morgan fingerprint density at radius 2 is 2.10 bits per heavy atom. The molecule has 110 valence electrons. The van der Waals surface area contributed by atoms with Crippen molar-refractivity contribution in [2.75, 3.05) is 5.73 Å². The molecular weight excluding hydrogens is 314 g/mol. The van der Waals surface area contributed by atoms with Gasteiger partial charge in [0.2, 0.25) is 0 Å². The summed E-state index contributed by atoms with van der Waals surface area (Å²) in [6.45, 7) is 7.93. The SMILES string of the molecule is CC1(C)C2CCC1(C)C(OCc1ccc(Br)c(N)c1)C2. The largest absolute Gasteiger partial charge is 0.398 e. The molecule has 2 fully saturated rings. The van der Waals surface area contributed by atoms with Gasteiger partial charge in [0.15, 0.2) is 0 Å². The van der Waals surface area contributed by atoms with Crippen LogP contribution in [0.4, 0.5) is 5.69 Å². The van der Waals surface area contributed by atoms with Crippen molar-refractivity contribution in [1.29, 1.82) is 0 Å². The van der Waals surface area contributed by atoms with Crippen molar-refractivity contribution < 1.29 is 4.74 Å². The number of benzene rings is 1. The maximum atomic E-state index is 6.29. The van der Waals surface area contributed by atoms with Crippen LogP contribution in [0.5, 0.6) is 0 Å². The zero-order chi connectivity index (χ0) is 14.5. The standard InChI is InChI=1S/C17H24BrNO/c1-16(2)12-6-7-17(16,3)15(9-12)20-10-11-4-5-13(18)14(19)8-11/h4-5,8,12,15H,6-7,9-10,19H2,1-3H3. The van der Waals surface area contributed by atoms with Crippen molar-refractivity contribution in [3.63, 3.8) is 0 Å². The van der Waals surface area contributed by atoms with Gasteiger partial charge in [-0.2, -0.15) is 0 Å². The Morgan fingerprint density at radius 3 is 2.65 bits per heavy atom. The van der Waals surface area contributed by atoms with E-state index >= 15 is 0 Å². The summed E-state index contributed by atoms with van der Waals surface area (Å²) in [4.78, 5) is 0. The highest BCUT2D eigenvalue weighted by molar-refractivity contribution is 9.10. The van der Waals surface area contributed by atoms with Gasteiger partial charge in [-0.1, -0.05) is 26.8 Å². The molecule has 0 heterocycles. The maximum absolute atomic E-state index is 6.29. The summed E-state index contributed by atoms with van der Waals surface area (Å²) in [5.74, 6) is 0.826. The Morgan fingerprint density at radius 1 is 1.35 bits per heavy atom. The molecule has 3 unspecified atom stereocenters. The molecule has 0 radical (unpaired) electrons. The summed E-state index contributed by atoms with van der Waals surface area (Å²) in [5, 5.41) is 0. The average molecular weight is 338 g/mol. The lowest BCUT2D eigenvalue weighted by Crippen LogP contribution is -2.37. The number of ether oxygens (including phenoxy) is 1. The fourth-order valence-corrected chi connectivity index (χ4v) is 4.51. The molecule has 2 N–H and O–H groups in total. The average Bonchev–Trinajstić information content (AvgIpc) is 2.73. The zero-order valence-corrected chi connectivity index (χ0v) is 14.2. The Balaban J connectivity index is 1.69. The van der Waals surface area contributed by atoms with Gasteiger partial charge in [-0.25, -0.2) is 0 Å². The highest BCUT2D eigenvalue weighted by Gasteiger charge is 2.61. The van der Waals surface area contributed by atoms with Crippen molar-refractivity contribution in [3.8, 4) is 0 Å². The van der Waals surface area contributed by atoms with Crippen LogP contribution < -0.4 is 5.73 Å². The van der Waals surface area contributed by atoms with Crippen LogP contribution >= 0.6 is 15.9 Å². The molecular formula is C17H24BrNO. The van der Waals surface area contributed by atoms with Crippen LogP contribution in [0.1, 0.15) is 45.6 Å². The van der Waals surface area contributed by atoms with Gasteiger partial charge in [0.25, 0.3) is 0 Å². The number of anilines is 1. The van der Waals surface area contributed by atoms with E-state index in [1.165, 1.54) is 19.3 Å². The van der Waals surface area contributed by atoms with Gasteiger partial charge >= 0.3 is 0 Å². The molecule has 0 aromatic heterocycles. The molecule has 0 spiro atoms. The molecule has 2 saturated carbocycles. The van der Waals surface area contributed by atoms with Gasteiger partial charge in [0.1, 0.15) is 0 Å². The number of halogens is 1. The first-order valence-electron chi connectivity index (χ1n) is 7.50. The molecule has 1 aromatic carbocycles. The van der Waals surface area contributed by atoms with Gasteiger partial charge in [-0.15, -0.1) is 0 Å². The predicted octanol–water partition coefficient (Wildman–Crippen LogP) is 4.76. The molecule has 2 aliphatic carbocycles. The summed E-state index contributed by atoms with van der Waals surface area (Å²) in [5.41, 5.74) is 8.62. The second-order valence-corrected chi connectivity index (χ2v) is 8.12. The van der Waals surface area contributed by atoms with Crippen LogP contribution in [0.15, 0.2) is 22.7 Å². The van der Waals surface area contributed by atoms with Crippen LogP contribution in [-0.2, 0) is 11.3 Å². The predicted molar refractivity (Wildman–Crippen MR) is 86.4 cm³/mol. The van der Waals surface area contributed by atoms with Gasteiger partial charge in [-0.05, 0) is 69.6 Å². The Labute approximate surface area is 130 Å². The minimum atomic E-state index is 0.332. The van der Waals surface area contributed by atoms with Gasteiger partial charge < -0.3 is 10.5 Å². The van der Waals surface area contributed by atoms with E-state index in [0.717, 1.165) is 21.6 Å². The fourth-order valence-electron chi connectivity index (χ4n) is 4.26. The zero-order valence-electron chi connectivity index (χ0n) is 12.6. The first-order valence-corrected chi connectivity index (χ1v) is 8.29. The normalized spacial score (nSPS) is 34.6. The van der Waals surface area contributed by atoms with Crippen LogP contribution in [0, 0.1) is 16.7 Å². The molecule has 2 aliphatic rings. The minimum absolute atomic E-state index is 0.332. The van der Waals surface area contributed by atoms with Crippen LogP contribution in [-0.4, -0.2) is 6.10 Å². The molecule has 2 bridgehead atoms. The van der Waals surface area contributed by atoms with E-state index in [0.29, 0.717) is 23.5 Å². The second kappa shape index (κ2) is 4.74. The molecule has 3 heteroatoms. The Bertz CT molecular complexity index is 528. The summed E-state index contributed by atoms with van der Waals surface area (Å²) >= 11 is 3.43. The molecule has 2 nitrogen and oxygen atoms in total. The van der Waals surface area contributed by atoms with E-state index in [-0.39, 0.29) is 0 Å². The third-order valence-electron chi connectivity index (χ3n) is 6.23. The summed E-state index contributed by atoms with van der Waals surface area (Å²) in [6, 6.07) is 6.09.